The number of carbonyl (C=O) groups is 1. The normalized spacial score (nSPS) is 10.2. The van der Waals surface area contributed by atoms with Crippen LogP contribution in [0.5, 0.6) is 5.75 Å². The standard InChI is InChI=1S/C18H15BrN4O2/c1-25-14-6-4-5-13(9-14)22-18-20-10-12(11-21-18)17(24)23-16-8-3-2-7-15(16)19/h2-11H,1H3,(H,23,24)(H,20,21,22). The Morgan fingerprint density at radius 3 is 2.56 bits per heavy atom. The van der Waals surface area contributed by atoms with Crippen LogP contribution in [0, 0.1) is 0 Å². The summed E-state index contributed by atoms with van der Waals surface area (Å²) in [4.78, 5) is 20.6. The molecule has 126 valence electrons. The molecule has 0 unspecified atom stereocenters. The Balaban J connectivity index is 1.69. The van der Waals surface area contributed by atoms with Gasteiger partial charge < -0.3 is 15.4 Å². The van der Waals surface area contributed by atoms with Gasteiger partial charge in [-0.25, -0.2) is 9.97 Å². The summed E-state index contributed by atoms with van der Waals surface area (Å²) in [6, 6.07) is 14.8. The van der Waals surface area contributed by atoms with Gasteiger partial charge in [-0.05, 0) is 40.2 Å². The second kappa shape index (κ2) is 7.76. The van der Waals surface area contributed by atoms with Crippen LogP contribution in [0.4, 0.5) is 17.3 Å². The van der Waals surface area contributed by atoms with Crippen molar-refractivity contribution >= 4 is 39.2 Å². The Morgan fingerprint density at radius 2 is 1.84 bits per heavy atom. The second-order valence-corrected chi connectivity index (χ2v) is 5.94. The van der Waals surface area contributed by atoms with Crippen molar-refractivity contribution in [2.45, 2.75) is 0 Å². The minimum atomic E-state index is -0.278. The summed E-state index contributed by atoms with van der Waals surface area (Å²) in [5.41, 5.74) is 1.85. The minimum absolute atomic E-state index is 0.278. The molecule has 3 aromatic rings. The lowest BCUT2D eigenvalue weighted by Gasteiger charge is -2.08. The van der Waals surface area contributed by atoms with Gasteiger partial charge in [0.05, 0.1) is 18.4 Å². The summed E-state index contributed by atoms with van der Waals surface area (Å²) in [6.07, 6.45) is 2.95. The average Bonchev–Trinajstić information content (AvgIpc) is 2.64. The summed E-state index contributed by atoms with van der Waals surface area (Å²) >= 11 is 3.39. The van der Waals surface area contributed by atoms with Crippen molar-refractivity contribution in [3.8, 4) is 5.75 Å². The van der Waals surface area contributed by atoms with Crippen LogP contribution >= 0.6 is 15.9 Å². The highest BCUT2D eigenvalue weighted by molar-refractivity contribution is 9.10. The number of nitrogens with zero attached hydrogens (tertiary/aromatic N) is 2. The van der Waals surface area contributed by atoms with Gasteiger partial charge >= 0.3 is 0 Å². The molecule has 6 nitrogen and oxygen atoms in total. The zero-order valence-corrected chi connectivity index (χ0v) is 14.9. The van der Waals surface area contributed by atoms with E-state index >= 15 is 0 Å². The van der Waals surface area contributed by atoms with Crippen LogP contribution < -0.4 is 15.4 Å². The fourth-order valence-electron chi connectivity index (χ4n) is 2.10. The maximum Gasteiger partial charge on any atom is 0.258 e. The molecule has 0 spiro atoms. The number of ether oxygens (including phenoxy) is 1. The van der Waals surface area contributed by atoms with E-state index in [9.17, 15) is 4.79 Å². The van der Waals surface area contributed by atoms with Crippen LogP contribution in [0.2, 0.25) is 0 Å². The smallest absolute Gasteiger partial charge is 0.258 e. The maximum absolute atomic E-state index is 12.3. The number of rotatable bonds is 5. The molecular formula is C18H15BrN4O2. The number of nitrogens with one attached hydrogen (secondary N) is 2. The summed E-state index contributed by atoms with van der Waals surface area (Å²) in [7, 11) is 1.61. The molecule has 3 rings (SSSR count). The highest BCUT2D eigenvalue weighted by Gasteiger charge is 2.09. The number of amides is 1. The lowest BCUT2D eigenvalue weighted by molar-refractivity contribution is 0.102. The Labute approximate surface area is 153 Å². The van der Waals surface area contributed by atoms with E-state index in [1.165, 1.54) is 12.4 Å². The van der Waals surface area contributed by atoms with E-state index in [-0.39, 0.29) is 5.91 Å². The number of benzene rings is 2. The summed E-state index contributed by atoms with van der Waals surface area (Å²) in [6.45, 7) is 0. The van der Waals surface area contributed by atoms with Gasteiger partial charge in [-0.15, -0.1) is 0 Å². The molecule has 25 heavy (non-hydrogen) atoms. The molecule has 0 saturated heterocycles. The number of para-hydroxylation sites is 1. The summed E-state index contributed by atoms with van der Waals surface area (Å²) in [5, 5.41) is 5.87. The van der Waals surface area contributed by atoms with Crippen molar-refractivity contribution in [2.75, 3.05) is 17.7 Å². The van der Waals surface area contributed by atoms with Gasteiger partial charge in [-0.2, -0.15) is 0 Å². The molecule has 1 aromatic heterocycles. The maximum atomic E-state index is 12.3. The molecule has 0 saturated carbocycles. The van der Waals surface area contributed by atoms with E-state index in [0.717, 1.165) is 15.9 Å². The molecule has 2 aromatic carbocycles. The van der Waals surface area contributed by atoms with Gasteiger partial charge in [0.2, 0.25) is 5.95 Å². The van der Waals surface area contributed by atoms with Crippen molar-refractivity contribution in [2.24, 2.45) is 0 Å². The SMILES string of the molecule is COc1cccc(Nc2ncc(C(=O)Nc3ccccc3Br)cn2)c1. The molecule has 0 atom stereocenters. The van der Waals surface area contributed by atoms with Crippen molar-refractivity contribution in [1.82, 2.24) is 9.97 Å². The summed E-state index contributed by atoms with van der Waals surface area (Å²) in [5.74, 6) is 0.847. The first-order valence-corrected chi connectivity index (χ1v) is 8.24. The molecule has 0 bridgehead atoms. The number of hydrogen-bond acceptors (Lipinski definition) is 5. The van der Waals surface area contributed by atoms with Crippen LogP contribution in [-0.4, -0.2) is 23.0 Å². The molecule has 1 heterocycles. The van der Waals surface area contributed by atoms with Crippen molar-refractivity contribution in [1.29, 1.82) is 0 Å². The molecule has 0 radical (unpaired) electrons. The molecule has 7 heteroatoms. The molecule has 0 fully saturated rings. The first kappa shape index (κ1) is 16.9. The third-order valence-corrected chi connectivity index (χ3v) is 4.05. The number of methoxy groups -OCH3 is 1. The zero-order chi connectivity index (χ0) is 17.6. The van der Waals surface area contributed by atoms with E-state index in [4.69, 9.17) is 4.74 Å². The average molecular weight is 399 g/mol. The predicted octanol–water partition coefficient (Wildman–Crippen LogP) is 4.24. The molecule has 1 amide bonds. The minimum Gasteiger partial charge on any atom is -0.497 e. The van der Waals surface area contributed by atoms with Crippen molar-refractivity contribution in [3.63, 3.8) is 0 Å². The number of aromatic nitrogens is 2. The van der Waals surface area contributed by atoms with Crippen LogP contribution in [0.25, 0.3) is 0 Å². The fourth-order valence-corrected chi connectivity index (χ4v) is 2.48. The third-order valence-electron chi connectivity index (χ3n) is 3.36. The second-order valence-electron chi connectivity index (χ2n) is 5.09. The van der Waals surface area contributed by atoms with E-state index in [2.05, 4.69) is 36.5 Å². The lowest BCUT2D eigenvalue weighted by atomic mass is 10.3. The number of anilines is 3. The van der Waals surface area contributed by atoms with E-state index < -0.39 is 0 Å². The Bertz CT molecular complexity index is 884. The van der Waals surface area contributed by atoms with Gasteiger partial charge in [-0.1, -0.05) is 18.2 Å². The Kier molecular flexibility index (Phi) is 5.25. The fraction of sp³-hybridized carbons (Fsp3) is 0.0556. The van der Waals surface area contributed by atoms with Crippen molar-refractivity contribution in [3.05, 3.63) is 71.0 Å². The van der Waals surface area contributed by atoms with Crippen LogP contribution in [0.15, 0.2) is 65.4 Å². The van der Waals surface area contributed by atoms with Crippen LogP contribution in [0.1, 0.15) is 10.4 Å². The van der Waals surface area contributed by atoms with Gasteiger partial charge in [0.15, 0.2) is 0 Å². The topological polar surface area (TPSA) is 76.1 Å². The highest BCUT2D eigenvalue weighted by Crippen LogP contribution is 2.22. The molecule has 0 aliphatic carbocycles. The Morgan fingerprint density at radius 1 is 1.08 bits per heavy atom. The van der Waals surface area contributed by atoms with E-state index in [1.807, 2.05) is 48.5 Å². The highest BCUT2D eigenvalue weighted by atomic mass is 79.9. The van der Waals surface area contributed by atoms with E-state index in [0.29, 0.717) is 17.2 Å². The first-order valence-electron chi connectivity index (χ1n) is 7.45. The molecule has 0 aliphatic rings. The number of halogens is 1. The largest absolute Gasteiger partial charge is 0.497 e. The summed E-state index contributed by atoms with van der Waals surface area (Å²) < 4.78 is 5.98. The Hall–Kier alpha value is -2.93. The van der Waals surface area contributed by atoms with Gasteiger partial charge in [0, 0.05) is 28.6 Å². The van der Waals surface area contributed by atoms with Gasteiger partial charge in [0.25, 0.3) is 5.91 Å². The molecule has 2 N–H and O–H groups in total. The van der Waals surface area contributed by atoms with Gasteiger partial charge in [-0.3, -0.25) is 4.79 Å². The third kappa shape index (κ3) is 4.33. The quantitative estimate of drug-likeness (QED) is 0.671. The lowest BCUT2D eigenvalue weighted by Crippen LogP contribution is -2.13. The van der Waals surface area contributed by atoms with E-state index in [1.54, 1.807) is 7.11 Å². The number of carbonyl (C=O) groups excluding carboxylic acids is 1. The van der Waals surface area contributed by atoms with Gasteiger partial charge in [0.1, 0.15) is 5.75 Å². The molecular weight excluding hydrogens is 384 g/mol. The zero-order valence-electron chi connectivity index (χ0n) is 13.4. The van der Waals surface area contributed by atoms with Crippen molar-refractivity contribution < 1.29 is 9.53 Å². The van der Waals surface area contributed by atoms with Crippen LogP contribution in [-0.2, 0) is 0 Å². The number of hydrogen-bond donors (Lipinski definition) is 2. The van der Waals surface area contributed by atoms with Crippen LogP contribution in [0.3, 0.4) is 0 Å². The predicted molar refractivity (Wildman–Crippen MR) is 100 cm³/mol. The molecule has 0 aliphatic heterocycles. The first-order chi connectivity index (χ1) is 12.2. The monoisotopic (exact) mass is 398 g/mol.